The third-order valence-electron chi connectivity index (χ3n) is 1.35. The van der Waals surface area contributed by atoms with Gasteiger partial charge in [0.1, 0.15) is 11.7 Å². The van der Waals surface area contributed by atoms with Crippen LogP contribution in [0.25, 0.3) is 0 Å². The molecule has 50 valence electrons. The van der Waals surface area contributed by atoms with Crippen LogP contribution in [0.1, 0.15) is 0 Å². The fraction of sp³-hybridized carbons (Fsp3) is 0. The van der Waals surface area contributed by atoms with Crippen LogP contribution in [-0.4, -0.2) is 15.2 Å². The molecule has 0 aromatic rings. The number of nitrogens with one attached hydrogen (secondary N) is 2. The number of aromatic nitrogens is 3. The van der Waals surface area contributed by atoms with Gasteiger partial charge in [-0.25, -0.2) is 4.98 Å². The zero-order chi connectivity index (χ0) is 6.97. The third-order valence-corrected chi connectivity index (χ3v) is 1.35. The van der Waals surface area contributed by atoms with Gasteiger partial charge in [-0.05, 0) is 12.1 Å². The molecule has 0 spiro atoms. The Morgan fingerprint density at radius 3 is 3.10 bits per heavy atom. The van der Waals surface area contributed by atoms with E-state index in [2.05, 4.69) is 15.2 Å². The van der Waals surface area contributed by atoms with Gasteiger partial charge < -0.3 is 0 Å². The molecule has 0 saturated heterocycles. The van der Waals surface area contributed by atoms with Crippen LogP contribution in [0.4, 0.5) is 0 Å². The lowest BCUT2D eigenvalue weighted by molar-refractivity contribution is 0.927. The molecular formula is C6H5N3O. The van der Waals surface area contributed by atoms with E-state index in [0.717, 1.165) is 5.35 Å². The van der Waals surface area contributed by atoms with E-state index < -0.39 is 0 Å². The summed E-state index contributed by atoms with van der Waals surface area (Å²) in [5, 5.41) is 6.69. The molecule has 4 heteroatoms. The van der Waals surface area contributed by atoms with E-state index in [-0.39, 0.29) is 5.43 Å². The van der Waals surface area contributed by atoms with Crippen molar-refractivity contribution in [1.82, 2.24) is 15.2 Å². The molecular weight excluding hydrogens is 130 g/mol. The summed E-state index contributed by atoms with van der Waals surface area (Å²) in [7, 11) is 0. The first-order chi connectivity index (χ1) is 4.88. The summed E-state index contributed by atoms with van der Waals surface area (Å²) in [6.45, 7) is 0. The number of H-pyrrole nitrogens is 2. The lowest BCUT2D eigenvalue weighted by Crippen LogP contribution is -1.98. The molecule has 0 amide bonds. The van der Waals surface area contributed by atoms with Gasteiger partial charge in [-0.15, -0.1) is 0 Å². The van der Waals surface area contributed by atoms with Crippen molar-refractivity contribution < 1.29 is 0 Å². The molecule has 0 saturated carbocycles. The Hall–Kier alpha value is -1.58. The second-order valence-electron chi connectivity index (χ2n) is 1.99. The van der Waals surface area contributed by atoms with E-state index in [1.165, 1.54) is 12.4 Å². The summed E-state index contributed by atoms with van der Waals surface area (Å²) in [5.41, 5.74) is -0.0414. The van der Waals surface area contributed by atoms with Crippen LogP contribution < -0.4 is 5.43 Å². The second-order valence-corrected chi connectivity index (χ2v) is 1.99. The van der Waals surface area contributed by atoms with Gasteiger partial charge in [-0.3, -0.25) is 15.0 Å². The molecule has 1 aliphatic heterocycles. The van der Waals surface area contributed by atoms with Crippen LogP contribution in [0.5, 0.6) is 0 Å². The normalized spacial score (nSPS) is 10.4. The Morgan fingerprint density at radius 1 is 1.40 bits per heavy atom. The Bertz CT molecular complexity index is 441. The predicted octanol–water partition coefficient (Wildman–Crippen LogP) is -0.177. The van der Waals surface area contributed by atoms with Crippen molar-refractivity contribution in [3.05, 3.63) is 39.4 Å². The quantitative estimate of drug-likeness (QED) is 0.526. The molecule has 2 aliphatic rings. The number of hydrogen-bond acceptors (Lipinski definition) is 2. The SMILES string of the molecule is O=c1ccc2[nH][nH]cnc1=2. The van der Waals surface area contributed by atoms with E-state index in [9.17, 15) is 4.79 Å². The molecule has 2 N–H and O–H groups in total. The van der Waals surface area contributed by atoms with Crippen molar-refractivity contribution in [2.45, 2.75) is 0 Å². The minimum atomic E-state index is -0.0414. The van der Waals surface area contributed by atoms with Crippen molar-refractivity contribution in [1.29, 1.82) is 0 Å². The number of aromatic amines is 2. The third kappa shape index (κ3) is 0.556. The first kappa shape index (κ1) is 5.22. The van der Waals surface area contributed by atoms with Crippen LogP contribution in [-0.2, 0) is 0 Å². The fourth-order valence-corrected chi connectivity index (χ4v) is 0.890. The average molecular weight is 135 g/mol. The fourth-order valence-electron chi connectivity index (χ4n) is 0.890. The lowest BCUT2D eigenvalue weighted by atomic mass is 10.6. The zero-order valence-electron chi connectivity index (χ0n) is 5.09. The average Bonchev–Trinajstić information content (AvgIpc) is 2.34. The molecule has 4 nitrogen and oxygen atoms in total. The molecule has 0 unspecified atom stereocenters. The molecule has 0 atom stereocenters. The van der Waals surface area contributed by atoms with Crippen molar-refractivity contribution in [3.63, 3.8) is 0 Å². The highest BCUT2D eigenvalue weighted by atomic mass is 16.1. The number of hydrogen-bond donors (Lipinski definition) is 2. The maximum Gasteiger partial charge on any atom is 0.206 e. The monoisotopic (exact) mass is 135 g/mol. The van der Waals surface area contributed by atoms with Gasteiger partial charge in [-0.1, -0.05) is 0 Å². The molecule has 1 aliphatic carbocycles. The van der Waals surface area contributed by atoms with E-state index in [4.69, 9.17) is 0 Å². The summed E-state index contributed by atoms with van der Waals surface area (Å²) in [6.07, 6.45) is 1.45. The molecule has 0 bridgehead atoms. The minimum Gasteiger partial charge on any atom is -0.298 e. The van der Waals surface area contributed by atoms with Crippen LogP contribution in [0.2, 0.25) is 0 Å². The number of rotatable bonds is 0. The van der Waals surface area contributed by atoms with Gasteiger partial charge in [0.2, 0.25) is 5.43 Å². The molecule has 2 rings (SSSR count). The van der Waals surface area contributed by atoms with E-state index in [1.807, 2.05) is 0 Å². The molecule has 0 aromatic carbocycles. The van der Waals surface area contributed by atoms with Gasteiger partial charge in [0.25, 0.3) is 0 Å². The highest BCUT2D eigenvalue weighted by molar-refractivity contribution is 5.03. The van der Waals surface area contributed by atoms with E-state index >= 15 is 0 Å². The van der Waals surface area contributed by atoms with Gasteiger partial charge in [-0.2, -0.15) is 0 Å². The molecule has 0 aromatic heterocycles. The lowest BCUT2D eigenvalue weighted by Gasteiger charge is -1.82. The van der Waals surface area contributed by atoms with Gasteiger partial charge in [0.05, 0.1) is 5.35 Å². The highest BCUT2D eigenvalue weighted by Crippen LogP contribution is 1.82. The highest BCUT2D eigenvalue weighted by Gasteiger charge is 1.92. The summed E-state index contributed by atoms with van der Waals surface area (Å²) in [5.74, 6) is 0. The molecule has 0 fully saturated rings. The Labute approximate surface area is 55.6 Å². The largest absolute Gasteiger partial charge is 0.298 e. The van der Waals surface area contributed by atoms with Crippen LogP contribution in [0.3, 0.4) is 0 Å². The summed E-state index contributed by atoms with van der Waals surface area (Å²) < 4.78 is 0. The molecule has 0 radical (unpaired) electrons. The number of nitrogens with zero attached hydrogens (tertiary/aromatic N) is 1. The second kappa shape index (κ2) is 1.70. The van der Waals surface area contributed by atoms with E-state index in [0.29, 0.717) is 5.35 Å². The smallest absolute Gasteiger partial charge is 0.206 e. The Morgan fingerprint density at radius 2 is 2.30 bits per heavy atom. The predicted molar refractivity (Wildman–Crippen MR) is 34.5 cm³/mol. The Kier molecular flexibility index (Phi) is 0.887. The van der Waals surface area contributed by atoms with Gasteiger partial charge in [0.15, 0.2) is 0 Å². The van der Waals surface area contributed by atoms with Gasteiger partial charge in [0, 0.05) is 0 Å². The minimum absolute atomic E-state index is 0.0414. The molecule has 1 heterocycles. The maximum absolute atomic E-state index is 10.9. The summed E-state index contributed by atoms with van der Waals surface area (Å²) >= 11 is 0. The standard InChI is InChI=1S/C6H5N3O/c10-5-2-1-4-6(5)7-3-8-9-4/h1-3,9H,(H,7,8). The van der Waals surface area contributed by atoms with Gasteiger partial charge >= 0.3 is 0 Å². The van der Waals surface area contributed by atoms with Crippen molar-refractivity contribution in [3.8, 4) is 0 Å². The van der Waals surface area contributed by atoms with Crippen LogP contribution in [0.15, 0.2) is 23.3 Å². The topological polar surface area (TPSA) is 61.5 Å². The van der Waals surface area contributed by atoms with Crippen LogP contribution >= 0.6 is 0 Å². The first-order valence-electron chi connectivity index (χ1n) is 2.89. The molecule has 10 heavy (non-hydrogen) atoms. The summed E-state index contributed by atoms with van der Waals surface area (Å²) in [4.78, 5) is 14.7. The first-order valence-corrected chi connectivity index (χ1v) is 2.89. The van der Waals surface area contributed by atoms with Crippen LogP contribution in [0, 0.1) is 10.7 Å². The maximum atomic E-state index is 10.9. The summed E-state index contributed by atoms with van der Waals surface area (Å²) in [6, 6.07) is 3.18. The Balaban J connectivity index is 3.21. The van der Waals surface area contributed by atoms with Crippen molar-refractivity contribution >= 4 is 0 Å². The zero-order valence-corrected chi connectivity index (χ0v) is 5.09. The van der Waals surface area contributed by atoms with Crippen molar-refractivity contribution in [2.24, 2.45) is 0 Å². The van der Waals surface area contributed by atoms with E-state index in [1.54, 1.807) is 6.07 Å². The van der Waals surface area contributed by atoms with Crippen molar-refractivity contribution in [2.75, 3.05) is 0 Å².